The molecule has 0 amide bonds. The SMILES string of the molecule is CC1=Cc2nc(C)[nH]c2C=CC1. The van der Waals surface area contributed by atoms with Crippen molar-refractivity contribution in [1.29, 1.82) is 0 Å². The predicted octanol–water partition coefficient (Wildman–Crippen LogP) is 2.54. The molecule has 2 nitrogen and oxygen atoms in total. The Balaban J connectivity index is 2.56. The second kappa shape index (κ2) is 2.63. The maximum absolute atomic E-state index is 4.38. The van der Waals surface area contributed by atoms with Crippen LogP contribution in [0.1, 0.15) is 30.6 Å². The van der Waals surface area contributed by atoms with Crippen molar-refractivity contribution in [2.75, 3.05) is 0 Å². The van der Waals surface area contributed by atoms with Crippen LogP contribution in [0, 0.1) is 6.92 Å². The van der Waals surface area contributed by atoms with E-state index in [4.69, 9.17) is 0 Å². The molecule has 0 atom stereocenters. The van der Waals surface area contributed by atoms with Gasteiger partial charge < -0.3 is 4.98 Å². The van der Waals surface area contributed by atoms with Gasteiger partial charge in [0.15, 0.2) is 0 Å². The first-order valence-corrected chi connectivity index (χ1v) is 4.16. The third-order valence-corrected chi connectivity index (χ3v) is 1.99. The molecule has 0 bridgehead atoms. The summed E-state index contributed by atoms with van der Waals surface area (Å²) in [6.07, 6.45) is 7.43. The van der Waals surface area contributed by atoms with Gasteiger partial charge in [-0.05, 0) is 32.4 Å². The van der Waals surface area contributed by atoms with Crippen LogP contribution in [0.2, 0.25) is 0 Å². The van der Waals surface area contributed by atoms with E-state index in [9.17, 15) is 0 Å². The van der Waals surface area contributed by atoms with E-state index >= 15 is 0 Å². The van der Waals surface area contributed by atoms with Crippen molar-refractivity contribution in [3.05, 3.63) is 28.9 Å². The van der Waals surface area contributed by atoms with Crippen molar-refractivity contribution in [2.24, 2.45) is 0 Å². The maximum Gasteiger partial charge on any atom is 0.104 e. The van der Waals surface area contributed by atoms with Crippen LogP contribution in [0.15, 0.2) is 11.6 Å². The lowest BCUT2D eigenvalue weighted by molar-refractivity contribution is 1.14. The van der Waals surface area contributed by atoms with Gasteiger partial charge in [-0.15, -0.1) is 0 Å². The van der Waals surface area contributed by atoms with Crippen LogP contribution in [0.25, 0.3) is 12.2 Å². The molecule has 2 heteroatoms. The van der Waals surface area contributed by atoms with Crippen LogP contribution in [-0.4, -0.2) is 9.97 Å². The summed E-state index contributed by atoms with van der Waals surface area (Å²) in [5.74, 6) is 0.982. The highest BCUT2D eigenvalue weighted by Crippen LogP contribution is 2.18. The number of aromatic amines is 1. The highest BCUT2D eigenvalue weighted by atomic mass is 14.9. The van der Waals surface area contributed by atoms with Gasteiger partial charge in [0.1, 0.15) is 5.82 Å². The second-order valence-corrected chi connectivity index (χ2v) is 3.22. The lowest BCUT2D eigenvalue weighted by Gasteiger charge is -1.89. The second-order valence-electron chi connectivity index (χ2n) is 3.22. The summed E-state index contributed by atoms with van der Waals surface area (Å²) in [6, 6.07) is 0. The van der Waals surface area contributed by atoms with Gasteiger partial charge >= 0.3 is 0 Å². The van der Waals surface area contributed by atoms with Crippen LogP contribution in [0.4, 0.5) is 0 Å². The summed E-state index contributed by atoms with van der Waals surface area (Å²) in [7, 11) is 0. The minimum absolute atomic E-state index is 0.982. The highest BCUT2D eigenvalue weighted by Gasteiger charge is 2.05. The average Bonchev–Trinajstić information content (AvgIpc) is 2.23. The molecule has 62 valence electrons. The molecule has 0 saturated carbocycles. The first-order chi connectivity index (χ1) is 5.75. The van der Waals surface area contributed by atoms with Crippen LogP contribution < -0.4 is 0 Å². The molecule has 0 aliphatic heterocycles. The molecule has 1 aromatic heterocycles. The lowest BCUT2D eigenvalue weighted by Crippen LogP contribution is -1.76. The Morgan fingerprint density at radius 3 is 3.08 bits per heavy atom. The van der Waals surface area contributed by atoms with Gasteiger partial charge in [0.05, 0.1) is 11.4 Å². The third-order valence-electron chi connectivity index (χ3n) is 1.99. The van der Waals surface area contributed by atoms with Crippen molar-refractivity contribution in [3.8, 4) is 0 Å². The number of nitrogens with zero attached hydrogens (tertiary/aromatic N) is 1. The monoisotopic (exact) mass is 160 g/mol. The Bertz CT molecular complexity index is 356. The van der Waals surface area contributed by atoms with Gasteiger partial charge in [-0.25, -0.2) is 4.98 Å². The Kier molecular flexibility index (Phi) is 1.61. The molecule has 12 heavy (non-hydrogen) atoms. The molecule has 1 aliphatic carbocycles. The zero-order valence-corrected chi connectivity index (χ0v) is 7.39. The van der Waals surface area contributed by atoms with Crippen molar-refractivity contribution >= 4 is 12.2 Å². The minimum Gasteiger partial charge on any atom is -0.342 e. The molecule has 0 fully saturated rings. The van der Waals surface area contributed by atoms with Crippen molar-refractivity contribution in [1.82, 2.24) is 9.97 Å². The summed E-state index contributed by atoms with van der Waals surface area (Å²) in [4.78, 5) is 7.59. The molecular formula is C10H12N2. The van der Waals surface area contributed by atoms with Crippen molar-refractivity contribution < 1.29 is 0 Å². The first-order valence-electron chi connectivity index (χ1n) is 4.16. The van der Waals surface area contributed by atoms with E-state index in [1.807, 2.05) is 6.92 Å². The Morgan fingerprint density at radius 1 is 1.42 bits per heavy atom. The van der Waals surface area contributed by atoms with Crippen LogP contribution in [0.5, 0.6) is 0 Å². The number of rotatable bonds is 0. The molecule has 0 saturated heterocycles. The van der Waals surface area contributed by atoms with Crippen molar-refractivity contribution in [2.45, 2.75) is 20.3 Å². The summed E-state index contributed by atoms with van der Waals surface area (Å²) in [5.41, 5.74) is 3.56. The smallest absolute Gasteiger partial charge is 0.104 e. The van der Waals surface area contributed by atoms with Gasteiger partial charge in [-0.3, -0.25) is 0 Å². The number of aryl methyl sites for hydroxylation is 1. The van der Waals surface area contributed by atoms with Gasteiger partial charge in [-0.1, -0.05) is 11.6 Å². The Hall–Kier alpha value is -1.31. The van der Waals surface area contributed by atoms with E-state index < -0.39 is 0 Å². The predicted molar refractivity (Wildman–Crippen MR) is 50.6 cm³/mol. The molecule has 1 N–H and O–H groups in total. The largest absolute Gasteiger partial charge is 0.342 e. The molecule has 0 spiro atoms. The molecule has 0 unspecified atom stereocenters. The molecule has 1 heterocycles. The number of allylic oxidation sites excluding steroid dienone is 2. The van der Waals surface area contributed by atoms with Crippen LogP contribution >= 0.6 is 0 Å². The number of imidazole rings is 1. The van der Waals surface area contributed by atoms with E-state index in [1.54, 1.807) is 0 Å². The summed E-state index contributed by atoms with van der Waals surface area (Å²) >= 11 is 0. The van der Waals surface area contributed by atoms with E-state index in [2.05, 4.69) is 35.1 Å². The molecule has 2 rings (SSSR count). The van der Waals surface area contributed by atoms with Gasteiger partial charge in [-0.2, -0.15) is 0 Å². The number of hydrogen-bond acceptors (Lipinski definition) is 1. The van der Waals surface area contributed by atoms with E-state index in [-0.39, 0.29) is 0 Å². The van der Waals surface area contributed by atoms with E-state index in [0.29, 0.717) is 0 Å². The Morgan fingerprint density at radius 2 is 2.25 bits per heavy atom. The molecule has 1 aliphatic rings. The van der Waals surface area contributed by atoms with Crippen molar-refractivity contribution in [3.63, 3.8) is 0 Å². The molecule has 0 aromatic carbocycles. The quantitative estimate of drug-likeness (QED) is 0.620. The molecule has 1 aromatic rings. The van der Waals surface area contributed by atoms with Gasteiger partial charge in [0, 0.05) is 0 Å². The summed E-state index contributed by atoms with van der Waals surface area (Å²) < 4.78 is 0. The fraction of sp³-hybridized carbons (Fsp3) is 0.300. The third kappa shape index (κ3) is 1.20. The summed E-state index contributed by atoms with van der Waals surface area (Å²) in [5, 5.41) is 0. The Labute approximate surface area is 72.0 Å². The summed E-state index contributed by atoms with van der Waals surface area (Å²) in [6.45, 7) is 4.11. The first kappa shape index (κ1) is 7.35. The van der Waals surface area contributed by atoms with Gasteiger partial charge in [0.25, 0.3) is 0 Å². The molecule has 0 radical (unpaired) electrons. The molecular weight excluding hydrogens is 148 g/mol. The minimum atomic E-state index is 0.982. The number of nitrogens with one attached hydrogen (secondary N) is 1. The van der Waals surface area contributed by atoms with E-state index in [0.717, 1.165) is 23.6 Å². The van der Waals surface area contributed by atoms with Gasteiger partial charge in [0.2, 0.25) is 0 Å². The van der Waals surface area contributed by atoms with Crippen LogP contribution in [-0.2, 0) is 0 Å². The highest BCUT2D eigenvalue weighted by molar-refractivity contribution is 5.64. The number of aromatic nitrogens is 2. The average molecular weight is 160 g/mol. The fourth-order valence-electron chi connectivity index (χ4n) is 1.42. The van der Waals surface area contributed by atoms with E-state index in [1.165, 1.54) is 5.57 Å². The number of hydrogen-bond donors (Lipinski definition) is 1. The standard InChI is InChI=1S/C10H12N2/c1-7-4-3-5-9-10(6-7)12-8(2)11-9/h3,5-6H,4H2,1-2H3,(H,11,12). The zero-order valence-electron chi connectivity index (χ0n) is 7.39. The van der Waals surface area contributed by atoms with Crippen LogP contribution in [0.3, 0.4) is 0 Å². The maximum atomic E-state index is 4.38. The number of fused-ring (bicyclic) bond motifs is 1. The normalized spacial score (nSPS) is 15.3. The lowest BCUT2D eigenvalue weighted by atomic mass is 10.2. The number of H-pyrrole nitrogens is 1. The fourth-order valence-corrected chi connectivity index (χ4v) is 1.42. The zero-order chi connectivity index (χ0) is 8.55. The topological polar surface area (TPSA) is 28.7 Å².